The summed E-state index contributed by atoms with van der Waals surface area (Å²) in [5.74, 6) is 0.0457. The molecule has 1 aliphatic rings. The Balaban J connectivity index is 2.80. The van der Waals surface area contributed by atoms with Crippen LogP contribution >= 0.6 is 0 Å². The van der Waals surface area contributed by atoms with Crippen LogP contribution < -0.4 is 0 Å². The van der Waals surface area contributed by atoms with Crippen molar-refractivity contribution in [3.8, 4) is 0 Å². The molecule has 0 fully saturated rings. The molecular formula is C16H22O3S. The molecule has 0 spiro atoms. The van der Waals surface area contributed by atoms with Gasteiger partial charge in [0.1, 0.15) is 4.75 Å². The molecular weight excluding hydrogens is 272 g/mol. The van der Waals surface area contributed by atoms with Crippen LogP contribution in [0.15, 0.2) is 29.8 Å². The van der Waals surface area contributed by atoms with E-state index in [0.717, 1.165) is 11.1 Å². The Hall–Kier alpha value is -1.13. The van der Waals surface area contributed by atoms with Gasteiger partial charge in [-0.05, 0) is 29.4 Å². The first-order chi connectivity index (χ1) is 9.20. The molecule has 110 valence electrons. The average Bonchev–Trinajstić information content (AvgIpc) is 2.35. The second kappa shape index (κ2) is 5.01. The number of rotatable bonds is 3. The van der Waals surface area contributed by atoms with Crippen molar-refractivity contribution in [2.75, 3.05) is 0 Å². The summed E-state index contributed by atoms with van der Waals surface area (Å²) in [5, 5.41) is 0. The van der Waals surface area contributed by atoms with Gasteiger partial charge in [0.15, 0.2) is 0 Å². The summed E-state index contributed by atoms with van der Waals surface area (Å²) >= 11 is 0. The number of allylic oxidation sites excluding steroid dienone is 1. The quantitative estimate of drug-likeness (QED) is 0.861. The maximum Gasteiger partial charge on any atom is 0.275 e. The van der Waals surface area contributed by atoms with Gasteiger partial charge in [-0.3, -0.25) is 4.55 Å². The van der Waals surface area contributed by atoms with Gasteiger partial charge in [-0.2, -0.15) is 8.42 Å². The van der Waals surface area contributed by atoms with Crippen LogP contribution in [0.1, 0.15) is 45.2 Å². The summed E-state index contributed by atoms with van der Waals surface area (Å²) < 4.78 is 33.1. The smallest absolute Gasteiger partial charge is 0.275 e. The Kier molecular flexibility index (Phi) is 3.82. The largest absolute Gasteiger partial charge is 0.285 e. The van der Waals surface area contributed by atoms with Gasteiger partial charge in [-0.25, -0.2) is 0 Å². The van der Waals surface area contributed by atoms with Crippen molar-refractivity contribution in [2.24, 2.45) is 11.8 Å². The van der Waals surface area contributed by atoms with E-state index in [1.54, 1.807) is 0 Å². The number of hydrogen-bond acceptors (Lipinski definition) is 2. The first-order valence-corrected chi connectivity index (χ1v) is 8.41. The van der Waals surface area contributed by atoms with Crippen molar-refractivity contribution in [2.45, 2.75) is 38.9 Å². The Morgan fingerprint density at radius 3 is 2.25 bits per heavy atom. The summed E-state index contributed by atoms with van der Waals surface area (Å²) in [6.45, 7) is 7.81. The highest BCUT2D eigenvalue weighted by molar-refractivity contribution is 7.86. The number of hydrogen-bond donors (Lipinski definition) is 1. The zero-order valence-corrected chi connectivity index (χ0v) is 13.2. The van der Waals surface area contributed by atoms with Crippen molar-refractivity contribution in [3.05, 3.63) is 41.0 Å². The molecule has 1 atom stereocenters. The maximum atomic E-state index is 12.2. The van der Waals surface area contributed by atoms with Gasteiger partial charge in [0, 0.05) is 0 Å². The monoisotopic (exact) mass is 294 g/mol. The molecule has 1 aliphatic carbocycles. The Labute approximate surface area is 121 Å². The van der Waals surface area contributed by atoms with E-state index in [1.165, 1.54) is 0 Å². The van der Waals surface area contributed by atoms with Crippen LogP contribution in [0.4, 0.5) is 0 Å². The molecule has 3 nitrogen and oxygen atoms in total. The standard InChI is InChI=1S/C16H22O3S/c1-11(2)14-9-13-7-5-6-8-15(13)16(10-14,12(3)4)20(17,18)19/h5-9,11-12H,10H2,1-4H3,(H,17,18,19). The highest BCUT2D eigenvalue weighted by atomic mass is 32.2. The second-order valence-electron chi connectivity index (χ2n) is 6.16. The molecule has 1 aromatic rings. The summed E-state index contributed by atoms with van der Waals surface area (Å²) in [6.07, 6.45) is 2.42. The molecule has 0 radical (unpaired) electrons. The van der Waals surface area contributed by atoms with E-state index >= 15 is 0 Å². The zero-order valence-electron chi connectivity index (χ0n) is 12.4. The van der Waals surface area contributed by atoms with Crippen molar-refractivity contribution < 1.29 is 13.0 Å². The molecule has 0 aromatic heterocycles. The first-order valence-electron chi connectivity index (χ1n) is 6.97. The average molecular weight is 294 g/mol. The molecule has 0 amide bonds. The minimum atomic E-state index is -4.21. The fourth-order valence-corrected chi connectivity index (χ4v) is 4.48. The van der Waals surface area contributed by atoms with Crippen LogP contribution in [0, 0.1) is 11.8 Å². The van der Waals surface area contributed by atoms with Gasteiger partial charge in [-0.1, -0.05) is 63.6 Å². The highest BCUT2D eigenvalue weighted by Crippen LogP contribution is 2.48. The molecule has 20 heavy (non-hydrogen) atoms. The number of fused-ring (bicyclic) bond motifs is 1. The minimum absolute atomic E-state index is 0.207. The normalized spacial score (nSPS) is 22.9. The lowest BCUT2D eigenvalue weighted by atomic mass is 9.74. The maximum absolute atomic E-state index is 12.2. The zero-order chi connectivity index (χ0) is 15.1. The van der Waals surface area contributed by atoms with Crippen molar-refractivity contribution in [1.29, 1.82) is 0 Å². The molecule has 4 heteroatoms. The Bertz CT molecular complexity index is 641. The summed E-state index contributed by atoms with van der Waals surface area (Å²) in [5.41, 5.74) is 2.67. The van der Waals surface area contributed by atoms with E-state index in [2.05, 4.69) is 19.9 Å². The van der Waals surface area contributed by atoms with E-state index in [-0.39, 0.29) is 11.8 Å². The molecule has 0 saturated carbocycles. The third kappa shape index (κ3) is 2.21. The summed E-state index contributed by atoms with van der Waals surface area (Å²) in [7, 11) is -4.21. The van der Waals surface area contributed by atoms with E-state index in [9.17, 15) is 13.0 Å². The van der Waals surface area contributed by atoms with Crippen molar-refractivity contribution in [3.63, 3.8) is 0 Å². The first kappa shape index (κ1) is 15.3. The Morgan fingerprint density at radius 2 is 1.75 bits per heavy atom. The van der Waals surface area contributed by atoms with Gasteiger partial charge in [0.25, 0.3) is 10.1 Å². The predicted molar refractivity (Wildman–Crippen MR) is 81.9 cm³/mol. The van der Waals surface area contributed by atoms with E-state index in [4.69, 9.17) is 0 Å². The van der Waals surface area contributed by atoms with E-state index < -0.39 is 14.9 Å². The lowest BCUT2D eigenvalue weighted by Gasteiger charge is -2.40. The van der Waals surface area contributed by atoms with E-state index in [0.29, 0.717) is 12.0 Å². The third-order valence-corrected chi connectivity index (χ3v) is 6.12. The fraction of sp³-hybridized carbons (Fsp3) is 0.500. The van der Waals surface area contributed by atoms with Crippen LogP contribution in [0.3, 0.4) is 0 Å². The minimum Gasteiger partial charge on any atom is -0.285 e. The lowest BCUT2D eigenvalue weighted by molar-refractivity contribution is 0.350. The van der Waals surface area contributed by atoms with Crippen LogP contribution in [0.5, 0.6) is 0 Å². The highest BCUT2D eigenvalue weighted by Gasteiger charge is 2.50. The molecule has 0 heterocycles. The van der Waals surface area contributed by atoms with E-state index in [1.807, 2.05) is 38.1 Å². The molecule has 0 bridgehead atoms. The van der Waals surface area contributed by atoms with Gasteiger partial charge in [-0.15, -0.1) is 0 Å². The third-order valence-electron chi connectivity index (χ3n) is 4.36. The topological polar surface area (TPSA) is 54.4 Å². The predicted octanol–water partition coefficient (Wildman–Crippen LogP) is 3.87. The molecule has 1 aromatic carbocycles. The number of benzene rings is 1. The van der Waals surface area contributed by atoms with Crippen molar-refractivity contribution >= 4 is 16.2 Å². The van der Waals surface area contributed by atoms with Crippen molar-refractivity contribution in [1.82, 2.24) is 0 Å². The van der Waals surface area contributed by atoms with Crippen LogP contribution in [-0.2, 0) is 14.9 Å². The van der Waals surface area contributed by atoms with Crippen LogP contribution in [0.2, 0.25) is 0 Å². The fourth-order valence-electron chi connectivity index (χ4n) is 3.07. The summed E-state index contributed by atoms with van der Waals surface area (Å²) in [4.78, 5) is 0. The van der Waals surface area contributed by atoms with Gasteiger partial charge < -0.3 is 0 Å². The molecule has 0 aliphatic heterocycles. The van der Waals surface area contributed by atoms with Gasteiger partial charge in [0.2, 0.25) is 0 Å². The molecule has 2 rings (SSSR count). The summed E-state index contributed by atoms with van der Waals surface area (Å²) in [6, 6.07) is 7.46. The molecule has 0 saturated heterocycles. The second-order valence-corrected chi connectivity index (χ2v) is 7.84. The van der Waals surface area contributed by atoms with Crippen LogP contribution in [0.25, 0.3) is 6.08 Å². The lowest BCUT2D eigenvalue weighted by Crippen LogP contribution is -2.43. The molecule has 1 N–H and O–H groups in total. The SMILES string of the molecule is CC(C)C1=Cc2ccccc2C(C(C)C)(S(=O)(=O)O)C1. The van der Waals surface area contributed by atoms with Gasteiger partial charge in [0.05, 0.1) is 0 Å². The van der Waals surface area contributed by atoms with Gasteiger partial charge >= 0.3 is 0 Å². The Morgan fingerprint density at radius 1 is 1.15 bits per heavy atom. The molecule has 1 unspecified atom stereocenters. The van der Waals surface area contributed by atoms with Crippen LogP contribution in [-0.4, -0.2) is 13.0 Å².